The van der Waals surface area contributed by atoms with Gasteiger partial charge in [-0.1, -0.05) is 12.1 Å². The first kappa shape index (κ1) is 20.8. The molecule has 7 rings (SSSR count). The first-order chi connectivity index (χ1) is 16.5. The van der Waals surface area contributed by atoms with Gasteiger partial charge in [-0.3, -0.25) is 14.3 Å². The van der Waals surface area contributed by atoms with E-state index in [0.29, 0.717) is 29.8 Å². The van der Waals surface area contributed by atoms with Crippen LogP contribution in [-0.4, -0.2) is 42.6 Å². The Kier molecular flexibility index (Phi) is 4.86. The summed E-state index contributed by atoms with van der Waals surface area (Å²) in [5.74, 6) is 1.63. The Labute approximate surface area is 197 Å². The van der Waals surface area contributed by atoms with Crippen LogP contribution in [0.4, 0.5) is 4.79 Å². The standard InChI is InChI=1S/C25H26N6O3/c32-22(19-4-1-2-7-27-19)29-24-11-17-10-18(12-24)14-25(13-17,15-24)30-23(33)34-21-6-3-5-20(28-21)31-9-8-26-16-31/h1-9,16-18H,10-15H2,(H,29,32)(H,30,33). The van der Waals surface area contributed by atoms with Crippen molar-refractivity contribution in [2.75, 3.05) is 0 Å². The van der Waals surface area contributed by atoms with Crippen LogP contribution in [0.5, 0.6) is 5.88 Å². The van der Waals surface area contributed by atoms with E-state index in [0.717, 1.165) is 32.1 Å². The van der Waals surface area contributed by atoms with E-state index in [4.69, 9.17) is 4.74 Å². The van der Waals surface area contributed by atoms with E-state index in [1.807, 2.05) is 12.1 Å². The molecule has 0 aromatic carbocycles. The third-order valence-electron chi connectivity index (χ3n) is 7.38. The first-order valence-corrected chi connectivity index (χ1v) is 11.7. The fourth-order valence-corrected chi connectivity index (χ4v) is 6.69. The van der Waals surface area contributed by atoms with Crippen LogP contribution in [0.15, 0.2) is 61.3 Å². The van der Waals surface area contributed by atoms with E-state index in [-0.39, 0.29) is 22.9 Å². The number of imidazole rings is 1. The molecule has 2 unspecified atom stereocenters. The number of amides is 2. The van der Waals surface area contributed by atoms with Crippen LogP contribution in [0, 0.1) is 11.8 Å². The van der Waals surface area contributed by atoms with Gasteiger partial charge in [0.05, 0.1) is 0 Å². The molecule has 2 N–H and O–H groups in total. The lowest BCUT2D eigenvalue weighted by Gasteiger charge is -2.61. The summed E-state index contributed by atoms with van der Waals surface area (Å²) in [7, 11) is 0. The molecule has 0 spiro atoms. The average Bonchev–Trinajstić information content (AvgIpc) is 3.33. The SMILES string of the molecule is O=C(NC12CC3CC(C1)CC(NC(=O)c1ccccn1)(C3)C2)Oc1cccc(-n2ccnc2)n1. The molecular formula is C25H26N6O3. The number of carbonyl (C=O) groups excluding carboxylic acids is 2. The van der Waals surface area contributed by atoms with Crippen molar-refractivity contribution >= 4 is 12.0 Å². The predicted molar refractivity (Wildman–Crippen MR) is 122 cm³/mol. The van der Waals surface area contributed by atoms with Crippen LogP contribution >= 0.6 is 0 Å². The summed E-state index contributed by atoms with van der Waals surface area (Å²) in [5, 5.41) is 6.47. The monoisotopic (exact) mass is 458 g/mol. The molecule has 0 saturated heterocycles. The lowest BCUT2D eigenvalue weighted by Crippen LogP contribution is -2.70. The minimum absolute atomic E-state index is 0.152. The van der Waals surface area contributed by atoms with Crippen molar-refractivity contribution in [3.63, 3.8) is 0 Å². The number of carbonyl (C=O) groups is 2. The summed E-state index contributed by atoms with van der Waals surface area (Å²) in [6.45, 7) is 0. The van der Waals surface area contributed by atoms with E-state index in [1.165, 1.54) is 0 Å². The molecule has 4 aliphatic rings. The molecule has 3 aromatic rings. The molecule has 2 atom stereocenters. The predicted octanol–water partition coefficient (Wildman–Crippen LogP) is 3.27. The molecule has 34 heavy (non-hydrogen) atoms. The zero-order valence-corrected chi connectivity index (χ0v) is 18.7. The third-order valence-corrected chi connectivity index (χ3v) is 7.38. The van der Waals surface area contributed by atoms with Crippen LogP contribution in [-0.2, 0) is 0 Å². The normalized spacial score (nSPS) is 28.9. The topological polar surface area (TPSA) is 111 Å². The van der Waals surface area contributed by atoms with E-state index >= 15 is 0 Å². The largest absolute Gasteiger partial charge is 0.414 e. The second kappa shape index (κ2) is 7.93. The van der Waals surface area contributed by atoms with Crippen molar-refractivity contribution in [2.45, 2.75) is 49.6 Å². The lowest BCUT2D eigenvalue weighted by atomic mass is 9.50. The Morgan fingerprint density at radius 2 is 1.76 bits per heavy atom. The number of hydrogen-bond acceptors (Lipinski definition) is 6. The molecule has 0 aliphatic heterocycles. The number of pyridine rings is 2. The molecule has 3 heterocycles. The van der Waals surface area contributed by atoms with Gasteiger partial charge in [-0.25, -0.2) is 9.78 Å². The maximum absolute atomic E-state index is 13.0. The van der Waals surface area contributed by atoms with Crippen LogP contribution in [0.3, 0.4) is 0 Å². The summed E-state index contributed by atoms with van der Waals surface area (Å²) >= 11 is 0. The van der Waals surface area contributed by atoms with Crippen LogP contribution in [0.1, 0.15) is 49.0 Å². The highest BCUT2D eigenvalue weighted by Crippen LogP contribution is 2.57. The highest BCUT2D eigenvalue weighted by atomic mass is 16.6. The minimum atomic E-state index is -0.511. The molecule has 9 heteroatoms. The van der Waals surface area contributed by atoms with E-state index in [2.05, 4.69) is 25.6 Å². The minimum Gasteiger partial charge on any atom is -0.391 e. The number of aromatic nitrogens is 4. The summed E-state index contributed by atoms with van der Waals surface area (Å²) in [5.41, 5.74) is -0.296. The molecule has 174 valence electrons. The van der Waals surface area contributed by atoms with Gasteiger partial charge in [-0.15, -0.1) is 0 Å². The van der Waals surface area contributed by atoms with Gasteiger partial charge in [-0.2, -0.15) is 4.98 Å². The highest BCUT2D eigenvalue weighted by Gasteiger charge is 2.59. The Morgan fingerprint density at radius 3 is 2.47 bits per heavy atom. The van der Waals surface area contributed by atoms with Crippen molar-refractivity contribution in [1.29, 1.82) is 0 Å². The van der Waals surface area contributed by atoms with Gasteiger partial charge in [0.1, 0.15) is 17.8 Å². The molecule has 9 nitrogen and oxygen atoms in total. The number of nitrogens with one attached hydrogen (secondary N) is 2. The summed E-state index contributed by atoms with van der Waals surface area (Å²) < 4.78 is 7.33. The number of nitrogens with zero attached hydrogens (tertiary/aromatic N) is 4. The zero-order valence-electron chi connectivity index (χ0n) is 18.7. The van der Waals surface area contributed by atoms with Crippen LogP contribution < -0.4 is 15.4 Å². The third kappa shape index (κ3) is 3.91. The second-order valence-corrected chi connectivity index (χ2v) is 10.0. The molecular weight excluding hydrogens is 432 g/mol. The van der Waals surface area contributed by atoms with Gasteiger partial charge in [0.25, 0.3) is 5.91 Å². The van der Waals surface area contributed by atoms with Gasteiger partial charge in [0.2, 0.25) is 5.88 Å². The van der Waals surface area contributed by atoms with Crippen LogP contribution in [0.2, 0.25) is 0 Å². The van der Waals surface area contributed by atoms with Gasteiger partial charge >= 0.3 is 6.09 Å². The summed E-state index contributed by atoms with van der Waals surface area (Å²) in [4.78, 5) is 38.5. The van der Waals surface area contributed by atoms with E-state index in [9.17, 15) is 9.59 Å². The molecule has 4 aliphatic carbocycles. The Hall–Kier alpha value is -3.75. The smallest absolute Gasteiger partial charge is 0.391 e. The molecule has 4 fully saturated rings. The second-order valence-electron chi connectivity index (χ2n) is 10.0. The van der Waals surface area contributed by atoms with Gasteiger partial charge in [0.15, 0.2) is 0 Å². The Bertz CT molecular complexity index is 1200. The van der Waals surface area contributed by atoms with Gasteiger partial charge < -0.3 is 15.4 Å². The van der Waals surface area contributed by atoms with E-state index in [1.54, 1.807) is 53.8 Å². The highest BCUT2D eigenvalue weighted by molar-refractivity contribution is 5.92. The molecule has 3 aromatic heterocycles. The molecule has 2 amide bonds. The maximum Gasteiger partial charge on any atom is 0.414 e. The number of hydrogen-bond donors (Lipinski definition) is 2. The Balaban J connectivity index is 1.17. The summed E-state index contributed by atoms with van der Waals surface area (Å²) in [6, 6.07) is 10.6. The lowest BCUT2D eigenvalue weighted by molar-refractivity contribution is -0.0450. The average molecular weight is 459 g/mol. The Morgan fingerprint density at radius 1 is 0.971 bits per heavy atom. The fourth-order valence-electron chi connectivity index (χ4n) is 6.69. The van der Waals surface area contributed by atoms with Crippen LogP contribution in [0.25, 0.3) is 5.82 Å². The van der Waals surface area contributed by atoms with Gasteiger partial charge in [-0.05, 0) is 68.6 Å². The zero-order chi connectivity index (χ0) is 23.2. The number of ether oxygens (including phenoxy) is 1. The quantitative estimate of drug-likeness (QED) is 0.607. The molecule has 4 saturated carbocycles. The van der Waals surface area contributed by atoms with Crippen molar-refractivity contribution in [3.8, 4) is 11.7 Å². The van der Waals surface area contributed by atoms with Crippen molar-refractivity contribution < 1.29 is 14.3 Å². The summed E-state index contributed by atoms with van der Waals surface area (Å²) in [6.07, 6.45) is 11.7. The fraction of sp³-hybridized carbons (Fsp3) is 0.400. The maximum atomic E-state index is 13.0. The molecule has 4 bridgehead atoms. The van der Waals surface area contributed by atoms with Crippen molar-refractivity contribution in [2.24, 2.45) is 11.8 Å². The van der Waals surface area contributed by atoms with Crippen molar-refractivity contribution in [3.05, 3.63) is 67.0 Å². The van der Waals surface area contributed by atoms with Gasteiger partial charge in [0, 0.05) is 35.7 Å². The van der Waals surface area contributed by atoms with E-state index < -0.39 is 6.09 Å². The number of rotatable bonds is 5. The van der Waals surface area contributed by atoms with Crippen molar-refractivity contribution in [1.82, 2.24) is 30.2 Å². The molecule has 0 radical (unpaired) electrons. The first-order valence-electron chi connectivity index (χ1n) is 11.7.